The van der Waals surface area contributed by atoms with Gasteiger partial charge in [0.1, 0.15) is 13.2 Å². The van der Waals surface area contributed by atoms with Crippen molar-refractivity contribution >= 4 is 11.9 Å². The number of methoxy groups -OCH3 is 1. The molecule has 0 unspecified atom stereocenters. The third-order valence-electron chi connectivity index (χ3n) is 3.30. The molecule has 130 valence electrons. The second-order valence-electron chi connectivity index (χ2n) is 6.39. The van der Waals surface area contributed by atoms with Gasteiger partial charge in [0, 0.05) is 6.08 Å². The van der Waals surface area contributed by atoms with Gasteiger partial charge in [-0.15, -0.1) is 0 Å². The van der Waals surface area contributed by atoms with E-state index < -0.39 is 17.4 Å². The van der Waals surface area contributed by atoms with Crippen LogP contribution < -0.4 is 14.2 Å². The molecule has 0 saturated carbocycles. The third-order valence-corrected chi connectivity index (χ3v) is 3.30. The molecule has 1 aliphatic rings. The van der Waals surface area contributed by atoms with Crippen molar-refractivity contribution in [1.82, 2.24) is 0 Å². The van der Waals surface area contributed by atoms with Gasteiger partial charge in [0.05, 0.1) is 12.5 Å². The SMILES string of the molecule is COc1cc(CC=CC(=O)OC(=O)C(C)(C)C)cc2c1OCCO2. The average Bonchev–Trinajstić information content (AvgIpc) is 2.53. The number of carbonyl (C=O) groups is 2. The van der Waals surface area contributed by atoms with Crippen LogP contribution in [0.25, 0.3) is 0 Å². The summed E-state index contributed by atoms with van der Waals surface area (Å²) in [6.45, 7) is 6.03. The summed E-state index contributed by atoms with van der Waals surface area (Å²) in [5.74, 6) is 0.555. The summed E-state index contributed by atoms with van der Waals surface area (Å²) in [6.07, 6.45) is 3.34. The molecule has 1 aliphatic heterocycles. The minimum absolute atomic E-state index is 0.464. The lowest BCUT2D eigenvalue weighted by Gasteiger charge is -2.21. The molecule has 24 heavy (non-hydrogen) atoms. The Balaban J connectivity index is 2.01. The number of hydrogen-bond acceptors (Lipinski definition) is 6. The molecule has 1 heterocycles. The summed E-state index contributed by atoms with van der Waals surface area (Å²) in [5, 5.41) is 0. The Bertz CT molecular complexity index is 637. The van der Waals surface area contributed by atoms with Crippen LogP contribution in [0.3, 0.4) is 0 Å². The highest BCUT2D eigenvalue weighted by molar-refractivity contribution is 5.93. The molecular formula is C18H22O6. The first-order valence-corrected chi connectivity index (χ1v) is 7.70. The van der Waals surface area contributed by atoms with Gasteiger partial charge in [-0.05, 0) is 44.9 Å². The average molecular weight is 334 g/mol. The Labute approximate surface area is 141 Å². The lowest BCUT2D eigenvalue weighted by molar-refractivity contribution is -0.162. The van der Waals surface area contributed by atoms with Crippen LogP contribution in [0.5, 0.6) is 17.2 Å². The topological polar surface area (TPSA) is 71.1 Å². The van der Waals surface area contributed by atoms with Crippen molar-refractivity contribution in [1.29, 1.82) is 0 Å². The van der Waals surface area contributed by atoms with Crippen LogP contribution in [0.15, 0.2) is 24.3 Å². The lowest BCUT2D eigenvalue weighted by Crippen LogP contribution is -2.25. The Kier molecular flexibility index (Phi) is 5.49. The predicted molar refractivity (Wildman–Crippen MR) is 87.4 cm³/mol. The maximum Gasteiger partial charge on any atom is 0.338 e. The van der Waals surface area contributed by atoms with Gasteiger partial charge in [0.25, 0.3) is 0 Å². The van der Waals surface area contributed by atoms with Crippen molar-refractivity contribution in [3.8, 4) is 17.2 Å². The number of fused-ring (bicyclic) bond motifs is 1. The summed E-state index contributed by atoms with van der Waals surface area (Å²) in [5.41, 5.74) is 0.175. The highest BCUT2D eigenvalue weighted by Crippen LogP contribution is 2.40. The first kappa shape index (κ1) is 17.8. The third kappa shape index (κ3) is 4.50. The zero-order valence-electron chi connectivity index (χ0n) is 14.4. The molecule has 0 amide bonds. The Morgan fingerprint density at radius 3 is 2.58 bits per heavy atom. The predicted octanol–water partition coefficient (Wildman–Crippen LogP) is 2.68. The van der Waals surface area contributed by atoms with E-state index >= 15 is 0 Å². The molecular weight excluding hydrogens is 312 g/mol. The number of rotatable bonds is 4. The number of benzene rings is 1. The van der Waals surface area contributed by atoms with Crippen LogP contribution in [-0.2, 0) is 20.7 Å². The monoisotopic (exact) mass is 334 g/mol. The standard InChI is InChI=1S/C18H22O6/c1-18(2,3)17(20)24-15(19)7-5-6-12-10-13(21-4)16-14(11-12)22-8-9-23-16/h5,7,10-11H,6,8-9H2,1-4H3. The maximum absolute atomic E-state index is 11.6. The smallest absolute Gasteiger partial charge is 0.338 e. The van der Waals surface area contributed by atoms with Crippen molar-refractivity contribution in [2.75, 3.05) is 20.3 Å². The van der Waals surface area contributed by atoms with Crippen molar-refractivity contribution in [3.63, 3.8) is 0 Å². The van der Waals surface area contributed by atoms with E-state index in [1.165, 1.54) is 6.08 Å². The summed E-state index contributed by atoms with van der Waals surface area (Å²) in [6, 6.07) is 3.66. The van der Waals surface area contributed by atoms with Gasteiger partial charge in [0.2, 0.25) is 5.75 Å². The van der Waals surface area contributed by atoms with Crippen molar-refractivity contribution in [2.45, 2.75) is 27.2 Å². The maximum atomic E-state index is 11.6. The van der Waals surface area contributed by atoms with Crippen LogP contribution in [-0.4, -0.2) is 32.3 Å². The van der Waals surface area contributed by atoms with Crippen LogP contribution >= 0.6 is 0 Å². The minimum atomic E-state index is -0.716. The quantitative estimate of drug-likeness (QED) is 0.479. The summed E-state index contributed by atoms with van der Waals surface area (Å²) >= 11 is 0. The van der Waals surface area contributed by atoms with Gasteiger partial charge in [0.15, 0.2) is 11.5 Å². The molecule has 6 nitrogen and oxygen atoms in total. The zero-order chi connectivity index (χ0) is 17.7. The van der Waals surface area contributed by atoms with Crippen molar-refractivity contribution < 1.29 is 28.5 Å². The molecule has 0 spiro atoms. The van der Waals surface area contributed by atoms with Gasteiger partial charge in [-0.3, -0.25) is 4.79 Å². The fraction of sp³-hybridized carbons (Fsp3) is 0.444. The van der Waals surface area contributed by atoms with Crippen LogP contribution in [0.4, 0.5) is 0 Å². The van der Waals surface area contributed by atoms with Crippen LogP contribution in [0.1, 0.15) is 26.3 Å². The number of carbonyl (C=O) groups excluding carboxylic acids is 2. The molecule has 1 aromatic rings. The molecule has 1 aromatic carbocycles. The normalized spacial score (nSPS) is 13.7. The first-order chi connectivity index (χ1) is 11.3. The van der Waals surface area contributed by atoms with Crippen LogP contribution in [0, 0.1) is 5.41 Å². The van der Waals surface area contributed by atoms with E-state index in [-0.39, 0.29) is 0 Å². The first-order valence-electron chi connectivity index (χ1n) is 7.70. The molecule has 0 aliphatic carbocycles. The van der Waals surface area contributed by atoms with E-state index in [4.69, 9.17) is 18.9 Å². The molecule has 0 radical (unpaired) electrons. The molecule has 2 rings (SSSR count). The van der Waals surface area contributed by atoms with Gasteiger partial charge >= 0.3 is 11.9 Å². The Morgan fingerprint density at radius 2 is 1.92 bits per heavy atom. The number of allylic oxidation sites excluding steroid dienone is 1. The Hall–Kier alpha value is -2.50. The molecule has 0 saturated heterocycles. The van der Waals surface area contributed by atoms with E-state index in [9.17, 15) is 9.59 Å². The largest absolute Gasteiger partial charge is 0.493 e. The van der Waals surface area contributed by atoms with Gasteiger partial charge in [-0.25, -0.2) is 4.79 Å². The lowest BCUT2D eigenvalue weighted by atomic mass is 9.97. The highest BCUT2D eigenvalue weighted by atomic mass is 16.6. The number of hydrogen-bond donors (Lipinski definition) is 0. The molecule has 0 N–H and O–H groups in total. The van der Waals surface area contributed by atoms with E-state index in [0.717, 1.165) is 5.56 Å². The molecule has 6 heteroatoms. The van der Waals surface area contributed by atoms with Crippen LogP contribution in [0.2, 0.25) is 0 Å². The van der Waals surface area contributed by atoms with Gasteiger partial charge in [-0.2, -0.15) is 0 Å². The highest BCUT2D eigenvalue weighted by Gasteiger charge is 2.25. The molecule has 0 fully saturated rings. The fourth-order valence-electron chi connectivity index (χ4n) is 2.01. The van der Waals surface area contributed by atoms with E-state index in [1.54, 1.807) is 34.0 Å². The fourth-order valence-corrected chi connectivity index (χ4v) is 2.01. The Morgan fingerprint density at radius 1 is 1.21 bits per heavy atom. The zero-order valence-corrected chi connectivity index (χ0v) is 14.4. The van der Waals surface area contributed by atoms with E-state index in [0.29, 0.717) is 36.9 Å². The second kappa shape index (κ2) is 7.38. The van der Waals surface area contributed by atoms with Gasteiger partial charge in [-0.1, -0.05) is 6.08 Å². The van der Waals surface area contributed by atoms with Crippen molar-refractivity contribution in [2.24, 2.45) is 5.41 Å². The summed E-state index contributed by atoms with van der Waals surface area (Å²) in [4.78, 5) is 23.3. The summed E-state index contributed by atoms with van der Waals surface area (Å²) < 4.78 is 21.2. The molecule has 0 atom stereocenters. The second-order valence-corrected chi connectivity index (χ2v) is 6.39. The molecule has 0 bridgehead atoms. The number of esters is 2. The summed E-state index contributed by atoms with van der Waals surface area (Å²) in [7, 11) is 1.56. The van der Waals surface area contributed by atoms with Crippen molar-refractivity contribution in [3.05, 3.63) is 29.8 Å². The molecule has 0 aromatic heterocycles. The van der Waals surface area contributed by atoms with E-state index in [1.807, 2.05) is 12.1 Å². The van der Waals surface area contributed by atoms with E-state index in [2.05, 4.69) is 0 Å². The minimum Gasteiger partial charge on any atom is -0.493 e. The van der Waals surface area contributed by atoms with Gasteiger partial charge < -0.3 is 18.9 Å². The number of ether oxygens (including phenoxy) is 4.